The van der Waals surface area contributed by atoms with Crippen LogP contribution >= 0.6 is 24.8 Å². The van der Waals surface area contributed by atoms with Crippen molar-refractivity contribution in [2.45, 2.75) is 44.4 Å². The van der Waals surface area contributed by atoms with Gasteiger partial charge in [0.25, 0.3) is 0 Å². The average molecular weight is 306 g/mol. The van der Waals surface area contributed by atoms with Crippen LogP contribution in [0.4, 0.5) is 0 Å². The lowest BCUT2D eigenvalue weighted by atomic mass is 9.89. The molecule has 0 bridgehead atoms. The van der Waals surface area contributed by atoms with Crippen molar-refractivity contribution in [3.63, 3.8) is 0 Å². The van der Waals surface area contributed by atoms with E-state index >= 15 is 0 Å². The zero-order chi connectivity index (χ0) is 11.5. The maximum absolute atomic E-state index is 4.10. The number of H-pyrrole nitrogens is 1. The maximum atomic E-state index is 4.10. The Kier molecular flexibility index (Phi) is 7.19. The first-order valence-corrected chi connectivity index (χ1v) is 7.12. The molecule has 2 fully saturated rings. The van der Waals surface area contributed by atoms with Crippen LogP contribution in [0.15, 0.2) is 12.5 Å². The van der Waals surface area contributed by atoms with Gasteiger partial charge in [-0.3, -0.25) is 0 Å². The molecular weight excluding hydrogens is 281 g/mol. The SMILES string of the molecule is Cl.Cl.c1ncc([C@H]2C[C@H]2CNCC2CCCCC2)[nH]1. The van der Waals surface area contributed by atoms with Gasteiger partial charge in [0.1, 0.15) is 0 Å². The molecule has 0 aliphatic heterocycles. The Hall–Kier alpha value is -0.250. The van der Waals surface area contributed by atoms with E-state index in [9.17, 15) is 0 Å². The lowest BCUT2D eigenvalue weighted by Crippen LogP contribution is -2.26. The number of hydrogen-bond acceptors (Lipinski definition) is 2. The first kappa shape index (κ1) is 16.8. The van der Waals surface area contributed by atoms with Gasteiger partial charge < -0.3 is 10.3 Å². The number of aromatic amines is 1. The molecule has 3 nitrogen and oxygen atoms in total. The van der Waals surface area contributed by atoms with E-state index in [2.05, 4.69) is 15.3 Å². The summed E-state index contributed by atoms with van der Waals surface area (Å²) >= 11 is 0. The normalized spacial score (nSPS) is 26.3. The molecule has 2 N–H and O–H groups in total. The average Bonchev–Trinajstić information content (AvgIpc) is 2.93. The molecule has 0 aromatic carbocycles. The van der Waals surface area contributed by atoms with Crippen LogP contribution < -0.4 is 5.32 Å². The third kappa shape index (κ3) is 4.66. The molecule has 2 aliphatic carbocycles. The molecule has 5 heteroatoms. The fourth-order valence-corrected chi connectivity index (χ4v) is 3.19. The quantitative estimate of drug-likeness (QED) is 0.874. The Bertz CT molecular complexity index is 336. The van der Waals surface area contributed by atoms with E-state index in [-0.39, 0.29) is 24.8 Å². The van der Waals surface area contributed by atoms with Crippen LogP contribution in [0.25, 0.3) is 0 Å². The van der Waals surface area contributed by atoms with Gasteiger partial charge in [0.15, 0.2) is 0 Å². The minimum Gasteiger partial charge on any atom is -0.348 e. The molecule has 1 aromatic heterocycles. The molecule has 0 spiro atoms. The lowest BCUT2D eigenvalue weighted by Gasteiger charge is -2.21. The Morgan fingerprint density at radius 3 is 2.63 bits per heavy atom. The first-order chi connectivity index (χ1) is 8.43. The van der Waals surface area contributed by atoms with Gasteiger partial charge in [-0.05, 0) is 44.2 Å². The van der Waals surface area contributed by atoms with Crippen molar-refractivity contribution in [1.29, 1.82) is 0 Å². The highest BCUT2D eigenvalue weighted by molar-refractivity contribution is 5.85. The molecule has 110 valence electrons. The van der Waals surface area contributed by atoms with Gasteiger partial charge in [0, 0.05) is 17.8 Å². The third-order valence-corrected chi connectivity index (χ3v) is 4.41. The fraction of sp³-hybridized carbons (Fsp3) is 0.786. The lowest BCUT2D eigenvalue weighted by molar-refractivity contribution is 0.340. The van der Waals surface area contributed by atoms with Gasteiger partial charge in [-0.15, -0.1) is 24.8 Å². The molecule has 0 radical (unpaired) electrons. The molecule has 19 heavy (non-hydrogen) atoms. The molecule has 2 atom stereocenters. The first-order valence-electron chi connectivity index (χ1n) is 7.12. The molecule has 0 unspecified atom stereocenters. The van der Waals surface area contributed by atoms with Crippen LogP contribution in [-0.2, 0) is 0 Å². The molecule has 3 rings (SSSR count). The Morgan fingerprint density at radius 2 is 1.95 bits per heavy atom. The Balaban J connectivity index is 0.000000902. The fourth-order valence-electron chi connectivity index (χ4n) is 3.19. The number of halogens is 2. The van der Waals surface area contributed by atoms with E-state index in [1.807, 2.05) is 6.20 Å². The summed E-state index contributed by atoms with van der Waals surface area (Å²) in [6, 6.07) is 0. The van der Waals surface area contributed by atoms with Gasteiger partial charge in [-0.1, -0.05) is 19.3 Å². The van der Waals surface area contributed by atoms with Gasteiger partial charge in [-0.25, -0.2) is 4.98 Å². The predicted octanol–water partition coefficient (Wildman–Crippen LogP) is 3.53. The molecule has 0 amide bonds. The smallest absolute Gasteiger partial charge is 0.0921 e. The summed E-state index contributed by atoms with van der Waals surface area (Å²) in [5.74, 6) is 2.54. The molecular formula is C14H25Cl2N3. The van der Waals surface area contributed by atoms with Crippen molar-refractivity contribution in [2.24, 2.45) is 11.8 Å². The number of nitrogens with one attached hydrogen (secondary N) is 2. The summed E-state index contributed by atoms with van der Waals surface area (Å²) in [5, 5.41) is 3.67. The van der Waals surface area contributed by atoms with E-state index in [0.717, 1.165) is 17.8 Å². The standard InChI is InChI=1S/C14H23N3.2ClH/c1-2-4-11(5-3-1)7-15-8-12-6-13(12)14-9-16-10-17-14;;/h9-13,15H,1-8H2,(H,16,17);2*1H/t12-,13-;;/m0../s1. The van der Waals surface area contributed by atoms with Crippen LogP contribution in [0.1, 0.15) is 50.1 Å². The monoisotopic (exact) mass is 305 g/mol. The summed E-state index contributed by atoms with van der Waals surface area (Å²) in [7, 11) is 0. The highest BCUT2D eigenvalue weighted by Crippen LogP contribution is 2.45. The zero-order valence-electron chi connectivity index (χ0n) is 11.3. The summed E-state index contributed by atoms with van der Waals surface area (Å²) in [4.78, 5) is 7.33. The number of imidazole rings is 1. The summed E-state index contributed by atoms with van der Waals surface area (Å²) < 4.78 is 0. The van der Waals surface area contributed by atoms with Crippen LogP contribution in [0.2, 0.25) is 0 Å². The third-order valence-electron chi connectivity index (χ3n) is 4.41. The van der Waals surface area contributed by atoms with Crippen LogP contribution in [-0.4, -0.2) is 23.1 Å². The van der Waals surface area contributed by atoms with Crippen molar-refractivity contribution in [3.05, 3.63) is 18.2 Å². The molecule has 1 heterocycles. The van der Waals surface area contributed by atoms with Gasteiger partial charge in [0.05, 0.1) is 6.33 Å². The number of nitrogens with zero attached hydrogens (tertiary/aromatic N) is 1. The zero-order valence-corrected chi connectivity index (χ0v) is 12.9. The molecule has 2 saturated carbocycles. The van der Waals surface area contributed by atoms with Crippen LogP contribution in [0.3, 0.4) is 0 Å². The number of aromatic nitrogens is 2. The van der Waals surface area contributed by atoms with Crippen LogP contribution in [0, 0.1) is 11.8 Å². The van der Waals surface area contributed by atoms with Crippen LogP contribution in [0.5, 0.6) is 0 Å². The van der Waals surface area contributed by atoms with Crippen molar-refractivity contribution >= 4 is 24.8 Å². The summed E-state index contributed by atoms with van der Waals surface area (Å²) in [5.41, 5.74) is 1.33. The number of hydrogen-bond donors (Lipinski definition) is 2. The predicted molar refractivity (Wildman–Crippen MR) is 83.4 cm³/mol. The largest absolute Gasteiger partial charge is 0.348 e. The molecule has 1 aromatic rings. The highest BCUT2D eigenvalue weighted by atomic mass is 35.5. The van der Waals surface area contributed by atoms with Gasteiger partial charge in [-0.2, -0.15) is 0 Å². The van der Waals surface area contributed by atoms with Crippen molar-refractivity contribution in [1.82, 2.24) is 15.3 Å². The maximum Gasteiger partial charge on any atom is 0.0921 e. The Labute approximate surface area is 128 Å². The van der Waals surface area contributed by atoms with E-state index in [1.165, 1.54) is 57.3 Å². The second-order valence-corrected chi connectivity index (χ2v) is 5.77. The minimum atomic E-state index is 0. The van der Waals surface area contributed by atoms with Crippen molar-refractivity contribution in [3.8, 4) is 0 Å². The second-order valence-electron chi connectivity index (χ2n) is 5.77. The van der Waals surface area contributed by atoms with E-state index in [0.29, 0.717) is 0 Å². The second kappa shape index (κ2) is 8.13. The summed E-state index contributed by atoms with van der Waals surface area (Å²) in [6.07, 6.45) is 12.4. The highest BCUT2D eigenvalue weighted by Gasteiger charge is 2.38. The van der Waals surface area contributed by atoms with E-state index in [1.54, 1.807) is 6.33 Å². The van der Waals surface area contributed by atoms with Crippen molar-refractivity contribution < 1.29 is 0 Å². The van der Waals surface area contributed by atoms with E-state index < -0.39 is 0 Å². The minimum absolute atomic E-state index is 0. The van der Waals surface area contributed by atoms with Gasteiger partial charge >= 0.3 is 0 Å². The molecule has 0 saturated heterocycles. The van der Waals surface area contributed by atoms with Gasteiger partial charge in [0.2, 0.25) is 0 Å². The van der Waals surface area contributed by atoms with E-state index in [4.69, 9.17) is 0 Å². The Morgan fingerprint density at radius 1 is 1.16 bits per heavy atom. The topological polar surface area (TPSA) is 40.7 Å². The van der Waals surface area contributed by atoms with Crippen molar-refractivity contribution in [2.75, 3.05) is 13.1 Å². The summed E-state index contributed by atoms with van der Waals surface area (Å²) in [6.45, 7) is 2.44. The number of rotatable bonds is 5. The molecule has 2 aliphatic rings.